The Hall–Kier alpha value is -2.08. The number of hydrogen-bond donors (Lipinski definition) is 2. The van der Waals surface area contributed by atoms with Crippen molar-refractivity contribution in [2.45, 2.75) is 20.8 Å². The molecule has 2 N–H and O–H groups in total. The number of amides is 2. The second-order valence-electron chi connectivity index (χ2n) is 4.26. The zero-order chi connectivity index (χ0) is 15.1. The standard InChI is InChI=1S/C14H20N2O4/c1-5-19-8-12(17)16-13-9(2)6-11(7-10(13)3)20-14(18)15-4/h6-7H,5,8H2,1-4H3,(H,15,18)(H,16,17). The van der Waals surface area contributed by atoms with E-state index in [1.54, 1.807) is 12.1 Å². The Morgan fingerprint density at radius 1 is 1.20 bits per heavy atom. The van der Waals surface area contributed by atoms with Gasteiger partial charge in [0, 0.05) is 19.3 Å². The fourth-order valence-corrected chi connectivity index (χ4v) is 1.71. The van der Waals surface area contributed by atoms with Crippen LogP contribution in [-0.4, -0.2) is 32.3 Å². The van der Waals surface area contributed by atoms with Gasteiger partial charge in [-0.3, -0.25) is 4.79 Å². The summed E-state index contributed by atoms with van der Waals surface area (Å²) < 4.78 is 10.1. The number of carbonyl (C=O) groups is 2. The molecule has 0 unspecified atom stereocenters. The Kier molecular flexibility index (Phi) is 5.99. The van der Waals surface area contributed by atoms with E-state index in [-0.39, 0.29) is 12.5 Å². The van der Waals surface area contributed by atoms with E-state index in [4.69, 9.17) is 9.47 Å². The van der Waals surface area contributed by atoms with Crippen LogP contribution < -0.4 is 15.4 Å². The summed E-state index contributed by atoms with van der Waals surface area (Å²) in [6, 6.07) is 3.39. The molecule has 0 fully saturated rings. The van der Waals surface area contributed by atoms with Gasteiger partial charge >= 0.3 is 6.09 Å². The average molecular weight is 280 g/mol. The third kappa shape index (κ3) is 4.55. The molecule has 1 rings (SSSR count). The van der Waals surface area contributed by atoms with Crippen molar-refractivity contribution in [3.8, 4) is 5.75 Å². The minimum Gasteiger partial charge on any atom is -0.410 e. The fraction of sp³-hybridized carbons (Fsp3) is 0.429. The molecular formula is C14H20N2O4. The monoisotopic (exact) mass is 280 g/mol. The van der Waals surface area contributed by atoms with E-state index in [0.717, 1.165) is 11.1 Å². The van der Waals surface area contributed by atoms with Gasteiger partial charge in [-0.2, -0.15) is 0 Å². The van der Waals surface area contributed by atoms with Crippen molar-refractivity contribution in [2.75, 3.05) is 25.6 Å². The number of aryl methyl sites for hydroxylation is 2. The number of benzene rings is 1. The van der Waals surface area contributed by atoms with Gasteiger partial charge in [0.2, 0.25) is 5.91 Å². The van der Waals surface area contributed by atoms with Crippen LogP contribution in [0.3, 0.4) is 0 Å². The molecule has 110 valence electrons. The lowest BCUT2D eigenvalue weighted by Gasteiger charge is -2.13. The summed E-state index contributed by atoms with van der Waals surface area (Å²) in [5, 5.41) is 5.16. The third-order valence-corrected chi connectivity index (χ3v) is 2.62. The molecule has 0 aliphatic rings. The topological polar surface area (TPSA) is 76.7 Å². The van der Waals surface area contributed by atoms with E-state index < -0.39 is 6.09 Å². The summed E-state index contributed by atoms with van der Waals surface area (Å²) in [4.78, 5) is 22.8. The van der Waals surface area contributed by atoms with Gasteiger partial charge < -0.3 is 20.1 Å². The Morgan fingerprint density at radius 3 is 2.30 bits per heavy atom. The smallest absolute Gasteiger partial charge is 0.410 e. The Labute approximate surface area is 118 Å². The average Bonchev–Trinajstić information content (AvgIpc) is 2.40. The third-order valence-electron chi connectivity index (χ3n) is 2.62. The predicted molar refractivity (Wildman–Crippen MR) is 76.1 cm³/mol. The van der Waals surface area contributed by atoms with Crippen molar-refractivity contribution in [1.82, 2.24) is 5.32 Å². The highest BCUT2D eigenvalue weighted by Crippen LogP contribution is 2.26. The number of anilines is 1. The molecule has 0 bridgehead atoms. The van der Waals surface area contributed by atoms with Gasteiger partial charge in [0.05, 0.1) is 0 Å². The van der Waals surface area contributed by atoms with E-state index in [9.17, 15) is 9.59 Å². The summed E-state index contributed by atoms with van der Waals surface area (Å²) in [5.41, 5.74) is 2.33. The molecule has 0 heterocycles. The highest BCUT2D eigenvalue weighted by atomic mass is 16.5. The van der Waals surface area contributed by atoms with Crippen molar-refractivity contribution in [2.24, 2.45) is 0 Å². The van der Waals surface area contributed by atoms with Crippen molar-refractivity contribution < 1.29 is 19.1 Å². The summed E-state index contributed by atoms with van der Waals surface area (Å²) in [7, 11) is 1.49. The molecule has 6 nitrogen and oxygen atoms in total. The van der Waals surface area contributed by atoms with Crippen molar-refractivity contribution in [1.29, 1.82) is 0 Å². The van der Waals surface area contributed by atoms with Gasteiger partial charge in [-0.15, -0.1) is 0 Å². The molecule has 1 aromatic rings. The van der Waals surface area contributed by atoms with E-state index in [0.29, 0.717) is 18.0 Å². The first-order chi connectivity index (χ1) is 9.47. The summed E-state index contributed by atoms with van der Waals surface area (Å²) in [6.07, 6.45) is -0.531. The molecule has 0 aliphatic heterocycles. The van der Waals surface area contributed by atoms with Gasteiger partial charge in [0.15, 0.2) is 0 Å². The molecule has 0 saturated heterocycles. The van der Waals surface area contributed by atoms with Crippen LogP contribution in [0.15, 0.2) is 12.1 Å². The van der Waals surface area contributed by atoms with Crippen molar-refractivity contribution in [3.05, 3.63) is 23.3 Å². The van der Waals surface area contributed by atoms with Crippen molar-refractivity contribution in [3.63, 3.8) is 0 Å². The Balaban J connectivity index is 2.83. The summed E-state index contributed by atoms with van der Waals surface area (Å²) in [6.45, 7) is 6.00. The van der Waals surface area contributed by atoms with Gasteiger partial charge in [-0.1, -0.05) is 0 Å². The lowest BCUT2D eigenvalue weighted by Crippen LogP contribution is -2.22. The second kappa shape index (κ2) is 7.49. The lowest BCUT2D eigenvalue weighted by atomic mass is 10.1. The van der Waals surface area contributed by atoms with E-state index in [2.05, 4.69) is 10.6 Å². The van der Waals surface area contributed by atoms with Gasteiger partial charge in [0.1, 0.15) is 12.4 Å². The number of ether oxygens (including phenoxy) is 2. The number of rotatable bonds is 5. The van der Waals surface area contributed by atoms with Gasteiger partial charge in [-0.25, -0.2) is 4.79 Å². The maximum atomic E-state index is 11.7. The van der Waals surface area contributed by atoms with Crippen LogP contribution in [0.1, 0.15) is 18.1 Å². The number of nitrogens with one attached hydrogen (secondary N) is 2. The van der Waals surface area contributed by atoms with Crippen LogP contribution in [0.2, 0.25) is 0 Å². The van der Waals surface area contributed by atoms with Crippen LogP contribution in [0, 0.1) is 13.8 Å². The zero-order valence-electron chi connectivity index (χ0n) is 12.2. The first kappa shape index (κ1) is 16.0. The molecule has 0 radical (unpaired) electrons. The predicted octanol–water partition coefficient (Wildman–Crippen LogP) is 2.00. The largest absolute Gasteiger partial charge is 0.412 e. The second-order valence-corrected chi connectivity index (χ2v) is 4.26. The highest BCUT2D eigenvalue weighted by molar-refractivity contribution is 5.93. The minimum atomic E-state index is -0.531. The molecule has 0 saturated carbocycles. The van der Waals surface area contributed by atoms with E-state index in [1.807, 2.05) is 20.8 Å². The molecule has 0 aliphatic carbocycles. The molecule has 1 aromatic carbocycles. The van der Waals surface area contributed by atoms with Gasteiger partial charge in [0.25, 0.3) is 0 Å². The van der Waals surface area contributed by atoms with Gasteiger partial charge in [-0.05, 0) is 44.0 Å². The summed E-state index contributed by atoms with van der Waals surface area (Å²) in [5.74, 6) is 0.222. The van der Waals surface area contributed by atoms with E-state index in [1.165, 1.54) is 7.05 Å². The normalized spacial score (nSPS) is 10.0. The fourth-order valence-electron chi connectivity index (χ4n) is 1.71. The zero-order valence-corrected chi connectivity index (χ0v) is 12.2. The quantitative estimate of drug-likeness (QED) is 0.865. The molecule has 6 heteroatoms. The summed E-state index contributed by atoms with van der Waals surface area (Å²) >= 11 is 0. The van der Waals surface area contributed by atoms with Crippen LogP contribution in [0.25, 0.3) is 0 Å². The maximum absolute atomic E-state index is 11.7. The number of carbonyl (C=O) groups excluding carboxylic acids is 2. The van der Waals surface area contributed by atoms with Crippen molar-refractivity contribution >= 4 is 17.7 Å². The number of hydrogen-bond acceptors (Lipinski definition) is 4. The highest BCUT2D eigenvalue weighted by Gasteiger charge is 2.11. The van der Waals surface area contributed by atoms with E-state index >= 15 is 0 Å². The molecule has 0 aromatic heterocycles. The lowest BCUT2D eigenvalue weighted by molar-refractivity contribution is -0.120. The molecule has 2 amide bonds. The van der Waals surface area contributed by atoms with Crippen LogP contribution in [0.4, 0.5) is 10.5 Å². The van der Waals surface area contributed by atoms with Crippen LogP contribution >= 0.6 is 0 Å². The molecule has 20 heavy (non-hydrogen) atoms. The molecule has 0 spiro atoms. The Bertz CT molecular complexity index is 477. The first-order valence-electron chi connectivity index (χ1n) is 6.36. The SMILES string of the molecule is CCOCC(=O)Nc1c(C)cc(OC(=O)NC)cc1C. The molecule has 0 atom stereocenters. The van der Waals surface area contributed by atoms with Crippen LogP contribution in [0.5, 0.6) is 5.75 Å². The van der Waals surface area contributed by atoms with Crippen LogP contribution in [-0.2, 0) is 9.53 Å². The minimum absolute atomic E-state index is 0.0197. The maximum Gasteiger partial charge on any atom is 0.412 e. The Morgan fingerprint density at radius 2 is 1.80 bits per heavy atom. The first-order valence-corrected chi connectivity index (χ1v) is 6.36. The molecular weight excluding hydrogens is 260 g/mol.